The van der Waals surface area contributed by atoms with Crippen LogP contribution in [0.3, 0.4) is 0 Å². The number of hydrogen-bond donors (Lipinski definition) is 1. The fraction of sp³-hybridized carbons (Fsp3) is 0.606. The molecule has 0 aliphatic heterocycles. The first-order chi connectivity index (χ1) is 21.0. The Hall–Kier alpha value is -2.43. The van der Waals surface area contributed by atoms with E-state index in [-0.39, 0.29) is 18.9 Å². The summed E-state index contributed by atoms with van der Waals surface area (Å²) in [7, 11) is -6.72. The maximum absolute atomic E-state index is 13.0. The average Bonchev–Trinajstić information content (AvgIpc) is 2.93. The van der Waals surface area contributed by atoms with E-state index in [0.717, 1.165) is 57.8 Å². The van der Waals surface area contributed by atoms with Crippen LogP contribution < -0.4 is 4.52 Å². The summed E-state index contributed by atoms with van der Waals surface area (Å²) < 4.78 is 57.4. The second kappa shape index (κ2) is 18.6. The highest BCUT2D eigenvalue weighted by Gasteiger charge is 2.25. The van der Waals surface area contributed by atoms with Gasteiger partial charge in [0, 0.05) is 38.7 Å². The standard InChI is InChI=1S/C33H52NO9PS/c1-33(2,3)42-32(36)34(21-13-7-8-14-22-40-23-15-12-18-27-16-10-9-11-17-27)25-30(35)28-19-20-31(43-44(4,5)37)29(24-28)26-41-45(6,38)39/h9-11,16-17,19-20,24,30,35H,7-8,12-15,18,21-23,25-26H2,1-6H3/t30-/m1/s1. The minimum atomic E-state index is -3.76. The third kappa shape index (κ3) is 17.7. The molecule has 0 saturated heterocycles. The molecule has 2 aromatic rings. The number of rotatable bonds is 20. The fourth-order valence-electron chi connectivity index (χ4n) is 4.45. The number of amides is 1. The largest absolute Gasteiger partial charge is 0.444 e. The number of ether oxygens (including phenoxy) is 2. The van der Waals surface area contributed by atoms with E-state index in [1.54, 1.807) is 26.8 Å². The van der Waals surface area contributed by atoms with Crippen molar-refractivity contribution < 1.29 is 41.1 Å². The second-order valence-corrected chi connectivity index (χ2v) is 16.9. The molecule has 10 nitrogen and oxygen atoms in total. The van der Waals surface area contributed by atoms with Crippen LogP contribution in [0.2, 0.25) is 0 Å². The van der Waals surface area contributed by atoms with Gasteiger partial charge in [0.15, 0.2) is 0 Å². The molecule has 2 rings (SSSR count). The fourth-order valence-corrected chi connectivity index (χ4v) is 5.45. The molecule has 254 valence electrons. The lowest BCUT2D eigenvalue weighted by Crippen LogP contribution is -2.39. The molecule has 0 bridgehead atoms. The van der Waals surface area contributed by atoms with Gasteiger partial charge in [-0.1, -0.05) is 49.2 Å². The highest BCUT2D eigenvalue weighted by atomic mass is 32.2. The summed E-state index contributed by atoms with van der Waals surface area (Å²) >= 11 is 0. The van der Waals surface area contributed by atoms with E-state index in [4.69, 9.17) is 18.2 Å². The molecule has 12 heteroatoms. The van der Waals surface area contributed by atoms with Crippen molar-refractivity contribution in [3.8, 4) is 5.75 Å². The molecule has 0 fully saturated rings. The molecular formula is C33H52NO9PS. The Morgan fingerprint density at radius 1 is 0.956 bits per heavy atom. The van der Waals surface area contributed by atoms with Crippen molar-refractivity contribution in [3.63, 3.8) is 0 Å². The number of unbranched alkanes of at least 4 members (excludes halogenated alkanes) is 4. The average molecular weight is 670 g/mol. The summed E-state index contributed by atoms with van der Waals surface area (Å²) in [5, 5.41) is 11.1. The minimum absolute atomic E-state index is 0.0341. The Morgan fingerprint density at radius 3 is 2.22 bits per heavy atom. The molecule has 0 aromatic heterocycles. The van der Waals surface area contributed by atoms with Crippen molar-refractivity contribution in [2.75, 3.05) is 45.9 Å². The monoisotopic (exact) mass is 669 g/mol. The van der Waals surface area contributed by atoms with Crippen LogP contribution in [-0.2, 0) is 41.4 Å². The molecule has 0 heterocycles. The van der Waals surface area contributed by atoms with Gasteiger partial charge in [-0.3, -0.25) is 8.75 Å². The van der Waals surface area contributed by atoms with E-state index in [1.807, 2.05) is 6.07 Å². The van der Waals surface area contributed by atoms with Crippen LogP contribution in [0.5, 0.6) is 5.75 Å². The third-order valence-electron chi connectivity index (χ3n) is 6.57. The molecule has 0 unspecified atom stereocenters. The van der Waals surface area contributed by atoms with Crippen molar-refractivity contribution in [3.05, 3.63) is 65.2 Å². The van der Waals surface area contributed by atoms with Gasteiger partial charge in [0.2, 0.25) is 7.37 Å². The molecule has 0 aliphatic carbocycles. The number of carbonyl (C=O) groups is 1. The van der Waals surface area contributed by atoms with Gasteiger partial charge >= 0.3 is 6.09 Å². The summed E-state index contributed by atoms with van der Waals surface area (Å²) in [6.45, 7) is 9.70. The van der Waals surface area contributed by atoms with Crippen LogP contribution in [0.15, 0.2) is 48.5 Å². The van der Waals surface area contributed by atoms with Crippen molar-refractivity contribution in [1.29, 1.82) is 0 Å². The van der Waals surface area contributed by atoms with Crippen LogP contribution >= 0.6 is 7.37 Å². The lowest BCUT2D eigenvalue weighted by atomic mass is 10.0. The number of nitrogens with zero attached hydrogens (tertiary/aromatic N) is 1. The Bertz CT molecular complexity index is 1320. The van der Waals surface area contributed by atoms with E-state index >= 15 is 0 Å². The van der Waals surface area contributed by atoms with Crippen molar-refractivity contribution in [1.82, 2.24) is 4.90 Å². The predicted molar refractivity (Wildman–Crippen MR) is 178 cm³/mol. The first kappa shape index (κ1) is 38.8. The molecular weight excluding hydrogens is 617 g/mol. The Morgan fingerprint density at radius 2 is 1.60 bits per heavy atom. The van der Waals surface area contributed by atoms with Crippen LogP contribution in [0.25, 0.3) is 0 Å². The van der Waals surface area contributed by atoms with Gasteiger partial charge in [-0.15, -0.1) is 0 Å². The molecule has 2 aromatic carbocycles. The number of benzene rings is 2. The van der Waals surface area contributed by atoms with Gasteiger partial charge in [-0.2, -0.15) is 8.42 Å². The van der Waals surface area contributed by atoms with E-state index in [9.17, 15) is 22.9 Å². The van der Waals surface area contributed by atoms with Gasteiger partial charge < -0.3 is 24.0 Å². The summed E-state index contributed by atoms with van der Waals surface area (Å²) in [6, 6.07) is 15.1. The van der Waals surface area contributed by atoms with Gasteiger partial charge in [0.05, 0.1) is 25.5 Å². The number of hydrogen-bond acceptors (Lipinski definition) is 9. The Balaban J connectivity index is 1.90. The van der Waals surface area contributed by atoms with E-state index < -0.39 is 35.3 Å². The van der Waals surface area contributed by atoms with E-state index in [0.29, 0.717) is 24.3 Å². The number of aliphatic hydroxyl groups is 1. The first-order valence-corrected chi connectivity index (χ1v) is 19.9. The quantitative estimate of drug-likeness (QED) is 0.0905. The number of aryl methyl sites for hydroxylation is 1. The molecule has 1 N–H and O–H groups in total. The first-order valence-electron chi connectivity index (χ1n) is 15.5. The van der Waals surface area contributed by atoms with Gasteiger partial charge in [0.1, 0.15) is 11.4 Å². The third-order valence-corrected chi connectivity index (χ3v) is 7.76. The zero-order valence-corrected chi connectivity index (χ0v) is 29.4. The summed E-state index contributed by atoms with van der Waals surface area (Å²) in [6.07, 6.45) is 6.00. The lowest BCUT2D eigenvalue weighted by Gasteiger charge is -2.29. The smallest absolute Gasteiger partial charge is 0.410 e. The van der Waals surface area contributed by atoms with Crippen molar-refractivity contribution >= 4 is 23.6 Å². The second-order valence-electron chi connectivity index (χ2n) is 12.6. The summed E-state index contributed by atoms with van der Waals surface area (Å²) in [5.41, 5.74) is 1.37. The minimum Gasteiger partial charge on any atom is -0.444 e. The molecule has 0 saturated carbocycles. The number of carbonyl (C=O) groups excluding carboxylic acids is 1. The molecule has 1 atom stereocenters. The zero-order valence-electron chi connectivity index (χ0n) is 27.7. The predicted octanol–water partition coefficient (Wildman–Crippen LogP) is 6.95. The van der Waals surface area contributed by atoms with Gasteiger partial charge in [-0.05, 0) is 76.1 Å². The molecule has 45 heavy (non-hydrogen) atoms. The Labute approximate surface area is 270 Å². The van der Waals surface area contributed by atoms with Crippen LogP contribution in [0, 0.1) is 0 Å². The lowest BCUT2D eigenvalue weighted by molar-refractivity contribution is 0.0140. The zero-order chi connectivity index (χ0) is 33.5. The van der Waals surface area contributed by atoms with Crippen LogP contribution in [0.1, 0.15) is 82.1 Å². The topological polar surface area (TPSA) is 129 Å². The summed E-state index contributed by atoms with van der Waals surface area (Å²) in [5.74, 6) is 0.197. The van der Waals surface area contributed by atoms with E-state index in [2.05, 4.69) is 24.3 Å². The van der Waals surface area contributed by atoms with Gasteiger partial charge in [-0.25, -0.2) is 4.79 Å². The highest BCUT2D eigenvalue weighted by molar-refractivity contribution is 7.85. The van der Waals surface area contributed by atoms with Crippen molar-refractivity contribution in [2.45, 2.75) is 84.0 Å². The van der Waals surface area contributed by atoms with E-state index in [1.165, 1.54) is 35.9 Å². The van der Waals surface area contributed by atoms with Crippen LogP contribution in [0.4, 0.5) is 4.79 Å². The maximum Gasteiger partial charge on any atom is 0.410 e. The Kier molecular flexibility index (Phi) is 16.1. The molecule has 0 spiro atoms. The molecule has 0 aliphatic rings. The number of aliphatic hydroxyl groups excluding tert-OH is 1. The van der Waals surface area contributed by atoms with Crippen molar-refractivity contribution in [2.24, 2.45) is 0 Å². The molecule has 1 amide bonds. The highest BCUT2D eigenvalue weighted by Crippen LogP contribution is 2.41. The molecule has 0 radical (unpaired) electrons. The SMILES string of the molecule is CC(C)(C)OC(=O)N(CCCCCCOCCCCc1ccccc1)C[C@@H](O)c1ccc(OP(C)(C)=O)c(COS(C)(=O)=O)c1. The van der Waals surface area contributed by atoms with Gasteiger partial charge in [0.25, 0.3) is 10.1 Å². The van der Waals surface area contributed by atoms with Crippen LogP contribution in [-0.4, -0.2) is 76.0 Å². The summed E-state index contributed by atoms with van der Waals surface area (Å²) in [4.78, 5) is 14.5. The maximum atomic E-state index is 13.0. The normalized spacial score (nSPS) is 13.0.